The zero-order valence-electron chi connectivity index (χ0n) is 18.7. The Morgan fingerprint density at radius 3 is 2.62 bits per heavy atom. The number of piperidine rings is 1. The average Bonchev–Trinajstić information content (AvgIpc) is 3.07. The van der Waals surface area contributed by atoms with Gasteiger partial charge < -0.3 is 24.8 Å². The van der Waals surface area contributed by atoms with E-state index in [1.165, 1.54) is 18.4 Å². The molecule has 0 saturated carbocycles. The van der Waals surface area contributed by atoms with Gasteiger partial charge in [-0.05, 0) is 80.3 Å². The molecule has 0 unspecified atom stereocenters. The van der Waals surface area contributed by atoms with E-state index in [0.717, 1.165) is 42.1 Å². The molecule has 0 bridgehead atoms. The Morgan fingerprint density at radius 1 is 1.25 bits per heavy atom. The fraction of sp³-hybridized carbons (Fsp3) is 0.478. The first-order chi connectivity index (χ1) is 15.2. The quantitative estimate of drug-likeness (QED) is 0.500. The fourth-order valence-corrected chi connectivity index (χ4v) is 5.36. The topological polar surface area (TPSA) is 85.9 Å². The van der Waals surface area contributed by atoms with E-state index < -0.39 is 17.5 Å². The number of nitrogens with one attached hydrogen (secondary N) is 2. The molecule has 0 atom stereocenters. The number of ether oxygens (including phenoxy) is 3. The first-order valence-corrected chi connectivity index (χ1v) is 12.1. The monoisotopic (exact) mass is 524 g/mol. The third-order valence-electron chi connectivity index (χ3n) is 4.77. The second kappa shape index (κ2) is 10.7. The standard InChI is InChI=1S/C23H29BrN2O5S/c1-23(2,3)31-17(27)13-30-19-18(24)20(32-21(19)22(28)29-4)14-6-5-7-16(12-14)26-15-8-10-25-11-9-15/h5-7,12,15,25-26H,8-11,13H2,1-4H3. The Labute approximate surface area is 200 Å². The Morgan fingerprint density at radius 2 is 1.97 bits per heavy atom. The molecule has 0 aliphatic carbocycles. The van der Waals surface area contributed by atoms with Crippen LogP contribution in [0.3, 0.4) is 0 Å². The number of carbonyl (C=O) groups is 2. The highest BCUT2D eigenvalue weighted by atomic mass is 79.9. The van der Waals surface area contributed by atoms with E-state index in [0.29, 0.717) is 10.5 Å². The van der Waals surface area contributed by atoms with E-state index in [9.17, 15) is 9.59 Å². The van der Waals surface area contributed by atoms with Crippen molar-refractivity contribution in [1.29, 1.82) is 0 Å². The Balaban J connectivity index is 1.84. The van der Waals surface area contributed by atoms with Gasteiger partial charge in [0.05, 0.1) is 16.5 Å². The summed E-state index contributed by atoms with van der Waals surface area (Å²) in [5.41, 5.74) is 1.33. The van der Waals surface area contributed by atoms with Crippen molar-refractivity contribution in [2.24, 2.45) is 0 Å². The number of esters is 2. The van der Waals surface area contributed by atoms with Crippen LogP contribution in [-0.4, -0.2) is 50.4 Å². The van der Waals surface area contributed by atoms with Crippen molar-refractivity contribution in [3.05, 3.63) is 33.6 Å². The number of benzene rings is 1. The van der Waals surface area contributed by atoms with E-state index in [1.807, 2.05) is 18.2 Å². The van der Waals surface area contributed by atoms with E-state index in [4.69, 9.17) is 14.2 Å². The van der Waals surface area contributed by atoms with Crippen LogP contribution in [0.1, 0.15) is 43.3 Å². The zero-order valence-corrected chi connectivity index (χ0v) is 21.2. The maximum atomic E-state index is 12.4. The fourth-order valence-electron chi connectivity index (χ4n) is 3.39. The van der Waals surface area contributed by atoms with E-state index in [2.05, 4.69) is 32.6 Å². The molecule has 1 fully saturated rings. The molecule has 1 aromatic carbocycles. The van der Waals surface area contributed by atoms with Gasteiger partial charge in [-0.2, -0.15) is 0 Å². The molecule has 0 amide bonds. The van der Waals surface area contributed by atoms with Crippen LogP contribution < -0.4 is 15.4 Å². The molecule has 1 aromatic heterocycles. The van der Waals surface area contributed by atoms with Gasteiger partial charge in [0.1, 0.15) is 5.60 Å². The molecule has 0 radical (unpaired) electrons. The van der Waals surface area contributed by atoms with Crippen LogP contribution in [0.4, 0.5) is 5.69 Å². The third-order valence-corrected chi connectivity index (χ3v) is 6.99. The number of thiophene rings is 1. The maximum absolute atomic E-state index is 12.4. The first kappa shape index (κ1) is 24.5. The molecule has 3 rings (SSSR count). The van der Waals surface area contributed by atoms with Crippen molar-refractivity contribution in [1.82, 2.24) is 5.32 Å². The molecule has 2 heterocycles. The molecule has 1 aliphatic heterocycles. The summed E-state index contributed by atoms with van der Waals surface area (Å²) >= 11 is 4.82. The molecule has 9 heteroatoms. The van der Waals surface area contributed by atoms with Gasteiger partial charge in [0.2, 0.25) is 0 Å². The lowest BCUT2D eigenvalue weighted by Crippen LogP contribution is -2.35. The SMILES string of the molecule is COC(=O)c1sc(-c2cccc(NC3CCNCC3)c2)c(Br)c1OCC(=O)OC(C)(C)C. The molecule has 1 aliphatic rings. The van der Waals surface area contributed by atoms with E-state index in [-0.39, 0.29) is 17.2 Å². The van der Waals surface area contributed by atoms with Crippen LogP contribution in [0.15, 0.2) is 28.7 Å². The summed E-state index contributed by atoms with van der Waals surface area (Å²) in [6, 6.07) is 8.47. The number of rotatable bonds is 7. The summed E-state index contributed by atoms with van der Waals surface area (Å²) in [6.45, 7) is 7.06. The Bertz CT molecular complexity index is 964. The highest BCUT2D eigenvalue weighted by Gasteiger charge is 2.26. The number of hydrogen-bond donors (Lipinski definition) is 2. The highest BCUT2D eigenvalue weighted by Crippen LogP contribution is 2.46. The predicted octanol–water partition coefficient (Wildman–Crippen LogP) is 4.85. The van der Waals surface area contributed by atoms with Crippen molar-refractivity contribution in [2.45, 2.75) is 45.3 Å². The molecule has 2 N–H and O–H groups in total. The second-order valence-electron chi connectivity index (χ2n) is 8.52. The number of anilines is 1. The van der Waals surface area contributed by atoms with Crippen molar-refractivity contribution in [2.75, 3.05) is 32.1 Å². The maximum Gasteiger partial charge on any atom is 0.351 e. The third kappa shape index (κ3) is 6.46. The van der Waals surface area contributed by atoms with Gasteiger partial charge in [-0.1, -0.05) is 12.1 Å². The van der Waals surface area contributed by atoms with Crippen molar-refractivity contribution in [3.8, 4) is 16.2 Å². The Kier molecular flexibility index (Phi) is 8.19. The largest absolute Gasteiger partial charge is 0.479 e. The summed E-state index contributed by atoms with van der Waals surface area (Å²) in [5.74, 6) is -0.759. The molecule has 174 valence electrons. The first-order valence-electron chi connectivity index (χ1n) is 10.5. The lowest BCUT2D eigenvalue weighted by atomic mass is 10.1. The minimum Gasteiger partial charge on any atom is -0.479 e. The van der Waals surface area contributed by atoms with Gasteiger partial charge in [0, 0.05) is 11.7 Å². The lowest BCUT2D eigenvalue weighted by molar-refractivity contribution is -0.157. The molecule has 1 saturated heterocycles. The van der Waals surface area contributed by atoms with E-state index >= 15 is 0 Å². The second-order valence-corrected chi connectivity index (χ2v) is 10.3. The van der Waals surface area contributed by atoms with Gasteiger partial charge in [0.15, 0.2) is 17.2 Å². The van der Waals surface area contributed by atoms with Gasteiger partial charge in [-0.3, -0.25) is 0 Å². The minimum atomic E-state index is -0.621. The number of halogens is 1. The summed E-state index contributed by atoms with van der Waals surface area (Å²) in [6.07, 6.45) is 2.14. The smallest absolute Gasteiger partial charge is 0.351 e. The van der Waals surface area contributed by atoms with E-state index in [1.54, 1.807) is 20.8 Å². The van der Waals surface area contributed by atoms with Crippen LogP contribution in [0.25, 0.3) is 10.4 Å². The summed E-state index contributed by atoms with van der Waals surface area (Å²) in [5, 5.41) is 6.96. The van der Waals surface area contributed by atoms with Gasteiger partial charge in [-0.15, -0.1) is 11.3 Å². The molecule has 2 aromatic rings. The highest BCUT2D eigenvalue weighted by molar-refractivity contribution is 9.10. The van der Waals surface area contributed by atoms with Crippen LogP contribution in [0, 0.1) is 0 Å². The van der Waals surface area contributed by atoms with Gasteiger partial charge >= 0.3 is 11.9 Å². The normalized spacial score (nSPS) is 14.7. The number of methoxy groups -OCH3 is 1. The summed E-state index contributed by atoms with van der Waals surface area (Å²) in [4.78, 5) is 25.6. The summed E-state index contributed by atoms with van der Waals surface area (Å²) in [7, 11) is 1.32. The number of carbonyl (C=O) groups excluding carboxylic acids is 2. The van der Waals surface area contributed by atoms with Crippen LogP contribution >= 0.6 is 27.3 Å². The molecule has 0 spiro atoms. The van der Waals surface area contributed by atoms with Crippen molar-refractivity contribution < 1.29 is 23.8 Å². The Hall–Kier alpha value is -2.10. The average molecular weight is 525 g/mol. The van der Waals surface area contributed by atoms with Crippen LogP contribution in [-0.2, 0) is 14.3 Å². The minimum absolute atomic E-state index is 0.277. The lowest BCUT2D eigenvalue weighted by Gasteiger charge is -2.24. The molecule has 32 heavy (non-hydrogen) atoms. The molecular weight excluding hydrogens is 496 g/mol. The summed E-state index contributed by atoms with van der Waals surface area (Å²) < 4.78 is 16.5. The molecular formula is C23H29BrN2O5S. The van der Waals surface area contributed by atoms with Crippen molar-refractivity contribution in [3.63, 3.8) is 0 Å². The predicted molar refractivity (Wildman–Crippen MR) is 130 cm³/mol. The van der Waals surface area contributed by atoms with Crippen LogP contribution in [0.2, 0.25) is 0 Å². The zero-order chi connectivity index (χ0) is 23.3. The van der Waals surface area contributed by atoms with Gasteiger partial charge in [-0.25, -0.2) is 9.59 Å². The van der Waals surface area contributed by atoms with Gasteiger partial charge in [0.25, 0.3) is 0 Å². The molecule has 7 nitrogen and oxygen atoms in total. The number of hydrogen-bond acceptors (Lipinski definition) is 8. The van der Waals surface area contributed by atoms with Crippen LogP contribution in [0.5, 0.6) is 5.75 Å². The van der Waals surface area contributed by atoms with Crippen molar-refractivity contribution >= 4 is 44.9 Å².